The first-order chi connectivity index (χ1) is 10.3. The van der Waals surface area contributed by atoms with Crippen LogP contribution in [0, 0.1) is 0 Å². The zero-order valence-corrected chi connectivity index (χ0v) is 12.9. The lowest BCUT2D eigenvalue weighted by molar-refractivity contribution is 0.231. The van der Waals surface area contributed by atoms with Gasteiger partial charge in [-0.05, 0) is 31.5 Å². The number of rotatable bonds is 4. The van der Waals surface area contributed by atoms with Crippen LogP contribution in [0.1, 0.15) is 30.0 Å². The van der Waals surface area contributed by atoms with Crippen LogP contribution in [0.4, 0.5) is 5.13 Å². The Morgan fingerprint density at radius 2 is 2.00 bits per heavy atom. The van der Waals surface area contributed by atoms with E-state index in [9.17, 15) is 0 Å². The van der Waals surface area contributed by atoms with Gasteiger partial charge in [0.2, 0.25) is 0 Å². The highest BCUT2D eigenvalue weighted by Gasteiger charge is 2.21. The van der Waals surface area contributed by atoms with Gasteiger partial charge in [-0.3, -0.25) is 4.90 Å². The van der Waals surface area contributed by atoms with Crippen molar-refractivity contribution in [1.29, 1.82) is 0 Å². The molecule has 1 aliphatic rings. The van der Waals surface area contributed by atoms with E-state index in [1.54, 1.807) is 11.3 Å². The van der Waals surface area contributed by atoms with Gasteiger partial charge in [-0.2, -0.15) is 0 Å². The molecule has 1 aliphatic heterocycles. The predicted octanol–water partition coefficient (Wildman–Crippen LogP) is 3.62. The molecule has 3 nitrogen and oxygen atoms in total. The summed E-state index contributed by atoms with van der Waals surface area (Å²) in [4.78, 5) is 6.93. The van der Waals surface area contributed by atoms with Crippen molar-refractivity contribution in [3.05, 3.63) is 53.0 Å². The second-order valence-corrected chi connectivity index (χ2v) is 6.39. The quantitative estimate of drug-likeness (QED) is 0.937. The Bertz CT molecular complexity index is 583. The van der Waals surface area contributed by atoms with Gasteiger partial charge in [0.1, 0.15) is 0 Å². The van der Waals surface area contributed by atoms with Gasteiger partial charge in [-0.1, -0.05) is 42.5 Å². The number of nitrogens with two attached hydrogens (primary N) is 1. The number of thiazole rings is 1. The van der Waals surface area contributed by atoms with Crippen LogP contribution in [0.15, 0.2) is 41.8 Å². The number of nitrogen functional groups attached to an aromatic ring is 1. The predicted molar refractivity (Wildman–Crippen MR) is 90.4 cm³/mol. The average Bonchev–Trinajstić information content (AvgIpc) is 2.96. The number of hydrogen-bond acceptors (Lipinski definition) is 4. The number of nitrogens with zero attached hydrogens (tertiary/aromatic N) is 2. The second kappa shape index (κ2) is 6.87. The molecular formula is C17H21N3S. The molecular weight excluding hydrogens is 278 g/mol. The van der Waals surface area contributed by atoms with Crippen LogP contribution in [0.25, 0.3) is 6.08 Å². The van der Waals surface area contributed by atoms with E-state index in [-0.39, 0.29) is 0 Å². The summed E-state index contributed by atoms with van der Waals surface area (Å²) in [5.74, 6) is 0.591. The lowest BCUT2D eigenvalue weighted by Gasteiger charge is -2.30. The highest BCUT2D eigenvalue weighted by atomic mass is 32.1. The Kier molecular flexibility index (Phi) is 4.68. The maximum atomic E-state index is 5.72. The van der Waals surface area contributed by atoms with E-state index < -0.39 is 0 Å². The summed E-state index contributed by atoms with van der Waals surface area (Å²) >= 11 is 1.55. The molecule has 1 fully saturated rings. The molecule has 21 heavy (non-hydrogen) atoms. The summed E-state index contributed by atoms with van der Waals surface area (Å²) in [7, 11) is 0. The minimum Gasteiger partial charge on any atom is -0.375 e. The summed E-state index contributed by atoms with van der Waals surface area (Å²) in [6, 6.07) is 10.5. The number of anilines is 1. The van der Waals surface area contributed by atoms with Crippen molar-refractivity contribution >= 4 is 22.5 Å². The molecule has 1 aromatic heterocycles. The molecule has 2 aromatic rings. The second-order valence-electron chi connectivity index (χ2n) is 5.50. The summed E-state index contributed by atoms with van der Waals surface area (Å²) < 4.78 is 0. The Balaban J connectivity index is 1.47. The summed E-state index contributed by atoms with van der Waals surface area (Å²) in [5.41, 5.74) is 8.18. The fourth-order valence-corrected chi connectivity index (χ4v) is 3.45. The van der Waals surface area contributed by atoms with Crippen LogP contribution in [0.2, 0.25) is 0 Å². The topological polar surface area (TPSA) is 42.1 Å². The van der Waals surface area contributed by atoms with Crippen LogP contribution >= 0.6 is 11.3 Å². The van der Waals surface area contributed by atoms with E-state index in [4.69, 9.17) is 5.73 Å². The van der Waals surface area contributed by atoms with Crippen LogP contribution in [0.5, 0.6) is 0 Å². The van der Waals surface area contributed by atoms with Crippen LogP contribution < -0.4 is 5.73 Å². The van der Waals surface area contributed by atoms with Gasteiger partial charge in [0.15, 0.2) is 5.13 Å². The summed E-state index contributed by atoms with van der Waals surface area (Å²) in [6.07, 6.45) is 6.83. The lowest BCUT2D eigenvalue weighted by atomic mass is 9.94. The summed E-state index contributed by atoms with van der Waals surface area (Å²) in [6.45, 7) is 3.31. The van der Waals surface area contributed by atoms with Gasteiger partial charge in [0.05, 0.1) is 5.69 Å². The van der Waals surface area contributed by atoms with Gasteiger partial charge < -0.3 is 5.73 Å². The number of piperidine rings is 1. The zero-order chi connectivity index (χ0) is 14.5. The van der Waals surface area contributed by atoms with E-state index in [1.807, 2.05) is 6.07 Å². The highest BCUT2D eigenvalue weighted by Crippen LogP contribution is 2.29. The molecule has 3 rings (SSSR count). The SMILES string of the molecule is Nc1nc(C2CCN(C/C=C/c3ccccc3)CC2)cs1. The Morgan fingerprint density at radius 1 is 1.24 bits per heavy atom. The molecule has 2 N–H and O–H groups in total. The molecule has 110 valence electrons. The van der Waals surface area contributed by atoms with E-state index in [0.29, 0.717) is 11.0 Å². The molecule has 0 atom stereocenters. The molecule has 1 saturated heterocycles. The standard InChI is InChI=1S/C17H21N3S/c18-17-19-16(13-21-17)15-8-11-20(12-9-15)10-4-7-14-5-2-1-3-6-14/h1-7,13,15H,8-12H2,(H2,18,19)/b7-4+. The van der Waals surface area contributed by atoms with Gasteiger partial charge in [-0.25, -0.2) is 4.98 Å². The van der Waals surface area contributed by atoms with E-state index >= 15 is 0 Å². The molecule has 0 spiro atoms. The third-order valence-corrected chi connectivity index (χ3v) is 4.71. The van der Waals surface area contributed by atoms with E-state index in [1.165, 1.54) is 24.1 Å². The van der Waals surface area contributed by atoms with Crippen molar-refractivity contribution in [2.24, 2.45) is 0 Å². The summed E-state index contributed by atoms with van der Waals surface area (Å²) in [5, 5.41) is 2.81. The van der Waals surface area contributed by atoms with Crippen molar-refractivity contribution in [3.63, 3.8) is 0 Å². The molecule has 1 aromatic carbocycles. The first-order valence-electron chi connectivity index (χ1n) is 7.46. The van der Waals surface area contributed by atoms with Gasteiger partial charge in [-0.15, -0.1) is 11.3 Å². The third kappa shape index (κ3) is 3.93. The van der Waals surface area contributed by atoms with Crippen molar-refractivity contribution < 1.29 is 0 Å². The number of likely N-dealkylation sites (tertiary alicyclic amines) is 1. The molecule has 0 unspecified atom stereocenters. The largest absolute Gasteiger partial charge is 0.375 e. The Morgan fingerprint density at radius 3 is 2.67 bits per heavy atom. The lowest BCUT2D eigenvalue weighted by Crippen LogP contribution is -2.33. The molecule has 0 radical (unpaired) electrons. The fraction of sp³-hybridized carbons (Fsp3) is 0.353. The van der Waals surface area contributed by atoms with Crippen LogP contribution in [-0.2, 0) is 0 Å². The van der Waals surface area contributed by atoms with Crippen molar-refractivity contribution in [2.75, 3.05) is 25.4 Å². The molecule has 0 bridgehead atoms. The van der Waals surface area contributed by atoms with Gasteiger partial charge >= 0.3 is 0 Å². The van der Waals surface area contributed by atoms with Crippen LogP contribution in [-0.4, -0.2) is 29.5 Å². The number of hydrogen-bond donors (Lipinski definition) is 1. The normalized spacial score (nSPS) is 17.5. The zero-order valence-electron chi connectivity index (χ0n) is 12.1. The molecule has 0 aliphatic carbocycles. The van der Waals surface area contributed by atoms with Crippen molar-refractivity contribution in [1.82, 2.24) is 9.88 Å². The monoisotopic (exact) mass is 299 g/mol. The first-order valence-corrected chi connectivity index (χ1v) is 8.34. The maximum absolute atomic E-state index is 5.72. The van der Waals surface area contributed by atoms with E-state index in [0.717, 1.165) is 19.6 Å². The molecule has 2 heterocycles. The molecule has 0 amide bonds. The fourth-order valence-electron chi connectivity index (χ4n) is 2.80. The Labute approximate surface area is 130 Å². The minimum absolute atomic E-state index is 0.591. The van der Waals surface area contributed by atoms with Gasteiger partial charge in [0.25, 0.3) is 0 Å². The van der Waals surface area contributed by atoms with Gasteiger partial charge in [0, 0.05) is 17.8 Å². The van der Waals surface area contributed by atoms with Crippen molar-refractivity contribution in [2.45, 2.75) is 18.8 Å². The Hall–Kier alpha value is -1.65. The minimum atomic E-state index is 0.591. The third-order valence-electron chi connectivity index (χ3n) is 4.02. The highest BCUT2D eigenvalue weighted by molar-refractivity contribution is 7.13. The van der Waals surface area contributed by atoms with Crippen molar-refractivity contribution in [3.8, 4) is 0 Å². The molecule has 0 saturated carbocycles. The smallest absolute Gasteiger partial charge is 0.180 e. The average molecular weight is 299 g/mol. The first kappa shape index (κ1) is 14.3. The number of aromatic nitrogens is 1. The molecule has 4 heteroatoms. The van der Waals surface area contributed by atoms with Crippen LogP contribution in [0.3, 0.4) is 0 Å². The maximum Gasteiger partial charge on any atom is 0.180 e. The number of benzene rings is 1. The van der Waals surface area contributed by atoms with E-state index in [2.05, 4.69) is 51.7 Å².